The maximum atomic E-state index is 8.68. The second-order valence-corrected chi connectivity index (χ2v) is 4.28. The summed E-state index contributed by atoms with van der Waals surface area (Å²) in [5, 5.41) is 9.45. The molecule has 17 heavy (non-hydrogen) atoms. The second-order valence-electron chi connectivity index (χ2n) is 3.17. The molecule has 0 spiro atoms. The molecule has 0 saturated carbocycles. The number of aromatic nitrogens is 1. The fraction of sp³-hybridized carbons (Fsp3) is 0.167. The molecule has 5 heteroatoms. The monoisotopic (exact) mass is 246 g/mol. The standard InChI is InChI=1S/C12H10N2O2S/c1-15-10-4-2-3-5-11(10)16-8-12-14-7-9(6-13)17-12/h2-5,7H,8H2,1H3. The van der Waals surface area contributed by atoms with Crippen LogP contribution in [0, 0.1) is 11.3 Å². The van der Waals surface area contributed by atoms with Gasteiger partial charge in [0.2, 0.25) is 0 Å². The highest BCUT2D eigenvalue weighted by atomic mass is 32.1. The molecule has 1 aromatic carbocycles. The molecular weight excluding hydrogens is 236 g/mol. The number of hydrogen-bond acceptors (Lipinski definition) is 5. The number of nitrogens with zero attached hydrogens (tertiary/aromatic N) is 2. The lowest BCUT2D eigenvalue weighted by Gasteiger charge is -2.08. The van der Waals surface area contributed by atoms with E-state index in [4.69, 9.17) is 14.7 Å². The predicted octanol–water partition coefficient (Wildman–Crippen LogP) is 2.60. The average Bonchev–Trinajstić information content (AvgIpc) is 2.84. The van der Waals surface area contributed by atoms with Gasteiger partial charge < -0.3 is 9.47 Å². The van der Waals surface area contributed by atoms with Crippen molar-refractivity contribution < 1.29 is 9.47 Å². The van der Waals surface area contributed by atoms with E-state index in [9.17, 15) is 0 Å². The van der Waals surface area contributed by atoms with E-state index in [0.29, 0.717) is 23.0 Å². The van der Waals surface area contributed by atoms with Gasteiger partial charge >= 0.3 is 0 Å². The number of nitriles is 1. The van der Waals surface area contributed by atoms with E-state index in [-0.39, 0.29) is 0 Å². The molecule has 2 aromatic rings. The minimum atomic E-state index is 0.340. The lowest BCUT2D eigenvalue weighted by atomic mass is 10.3. The summed E-state index contributed by atoms with van der Waals surface area (Å²) in [6.07, 6.45) is 1.55. The Bertz CT molecular complexity index is 545. The zero-order chi connectivity index (χ0) is 12.1. The molecule has 0 aliphatic carbocycles. The van der Waals surface area contributed by atoms with Gasteiger partial charge in [-0.25, -0.2) is 4.98 Å². The molecule has 0 amide bonds. The fourth-order valence-electron chi connectivity index (χ4n) is 1.31. The Morgan fingerprint density at radius 3 is 2.76 bits per heavy atom. The van der Waals surface area contributed by atoms with Crippen LogP contribution in [0.25, 0.3) is 0 Å². The largest absolute Gasteiger partial charge is 0.493 e. The van der Waals surface area contributed by atoms with E-state index in [0.717, 1.165) is 5.01 Å². The number of benzene rings is 1. The van der Waals surface area contributed by atoms with Crippen LogP contribution in [-0.4, -0.2) is 12.1 Å². The third-order valence-corrected chi connectivity index (χ3v) is 2.96. The van der Waals surface area contributed by atoms with Crippen molar-refractivity contribution in [1.82, 2.24) is 4.98 Å². The number of hydrogen-bond donors (Lipinski definition) is 0. The van der Waals surface area contributed by atoms with Gasteiger partial charge in [0, 0.05) is 0 Å². The topological polar surface area (TPSA) is 55.1 Å². The predicted molar refractivity (Wildman–Crippen MR) is 64.2 cm³/mol. The van der Waals surface area contributed by atoms with E-state index in [1.165, 1.54) is 11.3 Å². The first-order valence-electron chi connectivity index (χ1n) is 4.94. The molecule has 1 heterocycles. The summed E-state index contributed by atoms with van der Waals surface area (Å²) >= 11 is 1.33. The van der Waals surface area contributed by atoms with Gasteiger partial charge in [-0.2, -0.15) is 5.26 Å². The van der Waals surface area contributed by atoms with Crippen LogP contribution >= 0.6 is 11.3 Å². The van der Waals surface area contributed by atoms with Crippen LogP contribution in [0.5, 0.6) is 11.5 Å². The van der Waals surface area contributed by atoms with Crippen LogP contribution in [0.3, 0.4) is 0 Å². The maximum Gasteiger partial charge on any atom is 0.161 e. The number of ether oxygens (including phenoxy) is 2. The summed E-state index contributed by atoms with van der Waals surface area (Å²) in [7, 11) is 1.60. The molecule has 0 unspecified atom stereocenters. The van der Waals surface area contributed by atoms with Crippen LogP contribution in [0.1, 0.15) is 9.88 Å². The van der Waals surface area contributed by atoms with E-state index in [2.05, 4.69) is 4.98 Å². The van der Waals surface area contributed by atoms with Crippen LogP contribution in [-0.2, 0) is 6.61 Å². The molecule has 86 valence electrons. The first-order chi connectivity index (χ1) is 8.33. The molecule has 0 atom stereocenters. The third kappa shape index (κ3) is 2.74. The summed E-state index contributed by atoms with van der Waals surface area (Å²) in [4.78, 5) is 4.67. The molecule has 0 aliphatic rings. The minimum absolute atomic E-state index is 0.340. The molecule has 0 fully saturated rings. The zero-order valence-corrected chi connectivity index (χ0v) is 10.0. The highest BCUT2D eigenvalue weighted by Gasteiger charge is 2.05. The molecule has 0 N–H and O–H groups in total. The average molecular weight is 246 g/mol. The van der Waals surface area contributed by atoms with Crippen molar-refractivity contribution in [3.05, 3.63) is 40.3 Å². The van der Waals surface area contributed by atoms with Crippen molar-refractivity contribution in [1.29, 1.82) is 5.26 Å². The van der Waals surface area contributed by atoms with Crippen molar-refractivity contribution in [3.8, 4) is 17.6 Å². The fourth-order valence-corrected chi connectivity index (χ4v) is 1.93. The van der Waals surface area contributed by atoms with E-state index < -0.39 is 0 Å². The number of para-hydroxylation sites is 2. The molecular formula is C12H10N2O2S. The minimum Gasteiger partial charge on any atom is -0.493 e. The molecule has 2 rings (SSSR count). The SMILES string of the molecule is COc1ccccc1OCc1ncc(C#N)s1. The number of methoxy groups -OCH3 is 1. The maximum absolute atomic E-state index is 8.68. The van der Waals surface area contributed by atoms with Crippen LogP contribution in [0.2, 0.25) is 0 Å². The van der Waals surface area contributed by atoms with Crippen LogP contribution in [0.15, 0.2) is 30.5 Å². The van der Waals surface area contributed by atoms with Crippen LogP contribution in [0.4, 0.5) is 0 Å². The Labute approximate surface area is 103 Å². The van der Waals surface area contributed by atoms with E-state index in [1.54, 1.807) is 13.3 Å². The Morgan fingerprint density at radius 2 is 2.12 bits per heavy atom. The molecule has 0 saturated heterocycles. The van der Waals surface area contributed by atoms with Crippen molar-refractivity contribution in [2.24, 2.45) is 0 Å². The second kappa shape index (κ2) is 5.32. The Kier molecular flexibility index (Phi) is 3.58. The van der Waals surface area contributed by atoms with Gasteiger partial charge in [-0.15, -0.1) is 11.3 Å². The number of thiazole rings is 1. The summed E-state index contributed by atoms with van der Waals surface area (Å²) in [5.41, 5.74) is 0. The Balaban J connectivity index is 2.05. The zero-order valence-electron chi connectivity index (χ0n) is 9.21. The van der Waals surface area contributed by atoms with Crippen LogP contribution < -0.4 is 9.47 Å². The highest BCUT2D eigenvalue weighted by molar-refractivity contribution is 7.12. The summed E-state index contributed by atoms with van der Waals surface area (Å²) < 4.78 is 10.8. The quantitative estimate of drug-likeness (QED) is 0.832. The molecule has 0 aliphatic heterocycles. The van der Waals surface area contributed by atoms with Gasteiger partial charge in [-0.05, 0) is 12.1 Å². The smallest absolute Gasteiger partial charge is 0.161 e. The normalized spacial score (nSPS) is 9.65. The van der Waals surface area contributed by atoms with Gasteiger partial charge in [-0.1, -0.05) is 12.1 Å². The lowest BCUT2D eigenvalue weighted by Crippen LogP contribution is -1.96. The summed E-state index contributed by atoms with van der Waals surface area (Å²) in [5.74, 6) is 1.35. The Morgan fingerprint density at radius 1 is 1.35 bits per heavy atom. The molecule has 4 nitrogen and oxygen atoms in total. The number of rotatable bonds is 4. The first-order valence-corrected chi connectivity index (χ1v) is 5.75. The third-order valence-electron chi connectivity index (χ3n) is 2.08. The van der Waals surface area contributed by atoms with Gasteiger partial charge in [0.15, 0.2) is 11.5 Å². The van der Waals surface area contributed by atoms with E-state index in [1.807, 2.05) is 30.3 Å². The Hall–Kier alpha value is -2.06. The first kappa shape index (κ1) is 11.4. The van der Waals surface area contributed by atoms with Crippen molar-refractivity contribution >= 4 is 11.3 Å². The summed E-state index contributed by atoms with van der Waals surface area (Å²) in [6.45, 7) is 0.340. The van der Waals surface area contributed by atoms with Gasteiger partial charge in [0.25, 0.3) is 0 Å². The highest BCUT2D eigenvalue weighted by Crippen LogP contribution is 2.27. The molecule has 0 radical (unpaired) electrons. The van der Waals surface area contributed by atoms with E-state index >= 15 is 0 Å². The summed E-state index contributed by atoms with van der Waals surface area (Å²) in [6, 6.07) is 9.46. The van der Waals surface area contributed by atoms with Crippen molar-refractivity contribution in [3.63, 3.8) is 0 Å². The van der Waals surface area contributed by atoms with Crippen molar-refractivity contribution in [2.75, 3.05) is 7.11 Å². The molecule has 0 bridgehead atoms. The molecule has 1 aromatic heterocycles. The lowest BCUT2D eigenvalue weighted by molar-refractivity contribution is 0.284. The van der Waals surface area contributed by atoms with Gasteiger partial charge in [0.1, 0.15) is 22.6 Å². The van der Waals surface area contributed by atoms with Crippen molar-refractivity contribution in [2.45, 2.75) is 6.61 Å². The van der Waals surface area contributed by atoms with Gasteiger partial charge in [-0.3, -0.25) is 0 Å². The van der Waals surface area contributed by atoms with Gasteiger partial charge in [0.05, 0.1) is 13.3 Å².